The summed E-state index contributed by atoms with van der Waals surface area (Å²) in [5, 5.41) is 0. The van der Waals surface area contributed by atoms with E-state index in [1.807, 2.05) is 28.9 Å². The zero-order chi connectivity index (χ0) is 18.7. The van der Waals surface area contributed by atoms with Crippen molar-refractivity contribution in [3.8, 4) is 0 Å². The molecule has 2 heterocycles. The lowest BCUT2D eigenvalue weighted by molar-refractivity contribution is 0.0733. The van der Waals surface area contributed by atoms with Crippen LogP contribution < -0.4 is 0 Å². The van der Waals surface area contributed by atoms with E-state index in [4.69, 9.17) is 0 Å². The molecule has 0 bridgehead atoms. The summed E-state index contributed by atoms with van der Waals surface area (Å²) in [5.74, 6) is 0.200. The van der Waals surface area contributed by atoms with Gasteiger partial charge in [0, 0.05) is 44.9 Å². The molecule has 0 saturated carbocycles. The molecule has 0 unspecified atom stereocenters. The Balaban J connectivity index is 1.46. The van der Waals surface area contributed by atoms with E-state index in [1.54, 1.807) is 0 Å². The average Bonchev–Trinajstić information content (AvgIpc) is 3.04. The van der Waals surface area contributed by atoms with E-state index in [9.17, 15) is 4.79 Å². The number of fused-ring (bicyclic) bond motifs is 1. The van der Waals surface area contributed by atoms with Crippen LogP contribution in [-0.2, 0) is 19.9 Å². The number of imidazole rings is 1. The van der Waals surface area contributed by atoms with Crippen molar-refractivity contribution < 1.29 is 4.79 Å². The van der Waals surface area contributed by atoms with Crippen molar-refractivity contribution in [2.75, 3.05) is 33.2 Å². The topological polar surface area (TPSA) is 41.4 Å². The van der Waals surface area contributed by atoms with Crippen molar-refractivity contribution in [3.05, 3.63) is 52.6 Å². The molecule has 0 radical (unpaired) electrons. The standard InChI is InChI=1S/C21H30N4O/c1-16-6-7-20-19(17(16)2)9-13-25(21(20)26)11-5-10-23(3)12-8-18-14-24(4)15-22-18/h6-7,14-15H,5,8-13H2,1-4H3. The van der Waals surface area contributed by atoms with Crippen molar-refractivity contribution in [2.45, 2.75) is 33.1 Å². The molecule has 0 N–H and O–H groups in total. The van der Waals surface area contributed by atoms with Crippen molar-refractivity contribution >= 4 is 5.91 Å². The largest absolute Gasteiger partial charge is 0.340 e. The fourth-order valence-electron chi connectivity index (χ4n) is 3.67. The second-order valence-corrected chi connectivity index (χ2v) is 7.51. The minimum Gasteiger partial charge on any atom is -0.340 e. The van der Waals surface area contributed by atoms with Gasteiger partial charge in [0.25, 0.3) is 5.91 Å². The summed E-state index contributed by atoms with van der Waals surface area (Å²) in [6.07, 6.45) is 6.86. The van der Waals surface area contributed by atoms with Gasteiger partial charge in [0.15, 0.2) is 0 Å². The Hall–Kier alpha value is -2.14. The molecule has 1 aliphatic rings. The number of benzene rings is 1. The van der Waals surface area contributed by atoms with Crippen molar-refractivity contribution in [1.82, 2.24) is 19.4 Å². The van der Waals surface area contributed by atoms with Gasteiger partial charge in [-0.25, -0.2) is 4.98 Å². The first-order valence-corrected chi connectivity index (χ1v) is 9.49. The summed E-state index contributed by atoms with van der Waals surface area (Å²) < 4.78 is 1.98. The second-order valence-electron chi connectivity index (χ2n) is 7.51. The fraction of sp³-hybridized carbons (Fsp3) is 0.524. The summed E-state index contributed by atoms with van der Waals surface area (Å²) in [7, 11) is 4.14. The quantitative estimate of drug-likeness (QED) is 0.767. The van der Waals surface area contributed by atoms with Gasteiger partial charge in [0.1, 0.15) is 0 Å². The van der Waals surface area contributed by atoms with Gasteiger partial charge in [0.2, 0.25) is 0 Å². The number of hydrogen-bond donors (Lipinski definition) is 0. The van der Waals surface area contributed by atoms with Gasteiger partial charge >= 0.3 is 0 Å². The van der Waals surface area contributed by atoms with E-state index in [2.05, 4.69) is 43.0 Å². The minimum absolute atomic E-state index is 0.200. The number of aryl methyl sites for hydroxylation is 2. The lowest BCUT2D eigenvalue weighted by Crippen LogP contribution is -2.39. The van der Waals surface area contributed by atoms with Crippen LogP contribution in [0.3, 0.4) is 0 Å². The minimum atomic E-state index is 0.200. The van der Waals surface area contributed by atoms with Gasteiger partial charge in [-0.2, -0.15) is 0 Å². The average molecular weight is 354 g/mol. The van der Waals surface area contributed by atoms with Crippen molar-refractivity contribution in [2.24, 2.45) is 7.05 Å². The number of carbonyl (C=O) groups is 1. The van der Waals surface area contributed by atoms with Crippen molar-refractivity contribution in [1.29, 1.82) is 0 Å². The molecule has 0 spiro atoms. The zero-order valence-electron chi connectivity index (χ0n) is 16.5. The molecule has 0 atom stereocenters. The Bertz CT molecular complexity index is 780. The summed E-state index contributed by atoms with van der Waals surface area (Å²) in [4.78, 5) is 21.5. The summed E-state index contributed by atoms with van der Waals surface area (Å²) >= 11 is 0. The van der Waals surface area contributed by atoms with Gasteiger partial charge in [-0.1, -0.05) is 6.07 Å². The molecule has 140 valence electrons. The highest BCUT2D eigenvalue weighted by molar-refractivity contribution is 5.97. The molecular weight excluding hydrogens is 324 g/mol. The lowest BCUT2D eigenvalue weighted by Gasteiger charge is -2.30. The van der Waals surface area contributed by atoms with Crippen LogP contribution in [0.15, 0.2) is 24.7 Å². The van der Waals surface area contributed by atoms with Gasteiger partial charge in [-0.15, -0.1) is 0 Å². The molecule has 2 aromatic rings. The number of nitrogens with zero attached hydrogens (tertiary/aromatic N) is 4. The molecule has 0 fully saturated rings. The fourth-order valence-corrected chi connectivity index (χ4v) is 3.67. The third-order valence-corrected chi connectivity index (χ3v) is 5.49. The molecule has 1 aromatic heterocycles. The Morgan fingerprint density at radius 3 is 2.77 bits per heavy atom. The Labute approximate surface area is 156 Å². The third kappa shape index (κ3) is 4.15. The highest BCUT2D eigenvalue weighted by atomic mass is 16.2. The maximum Gasteiger partial charge on any atom is 0.254 e. The van der Waals surface area contributed by atoms with Crippen LogP contribution in [0, 0.1) is 13.8 Å². The van der Waals surface area contributed by atoms with Crippen LogP contribution in [0.1, 0.15) is 39.2 Å². The molecule has 1 aliphatic heterocycles. The van der Waals surface area contributed by atoms with Crippen LogP contribution in [0.2, 0.25) is 0 Å². The van der Waals surface area contributed by atoms with E-state index in [-0.39, 0.29) is 5.91 Å². The number of carbonyl (C=O) groups excluding carboxylic acids is 1. The second kappa shape index (κ2) is 8.04. The number of aromatic nitrogens is 2. The Kier molecular flexibility index (Phi) is 5.77. The molecular formula is C21H30N4O. The van der Waals surface area contributed by atoms with Gasteiger partial charge in [-0.3, -0.25) is 4.79 Å². The molecule has 26 heavy (non-hydrogen) atoms. The van der Waals surface area contributed by atoms with Crippen LogP contribution in [-0.4, -0.2) is 58.5 Å². The highest BCUT2D eigenvalue weighted by Crippen LogP contribution is 2.24. The van der Waals surface area contributed by atoms with Crippen LogP contribution in [0.25, 0.3) is 0 Å². The number of likely N-dealkylation sites (N-methyl/N-ethyl adjacent to an activating group) is 1. The smallest absolute Gasteiger partial charge is 0.254 e. The van der Waals surface area contributed by atoms with E-state index >= 15 is 0 Å². The Morgan fingerprint density at radius 1 is 1.23 bits per heavy atom. The molecule has 1 amide bonds. The third-order valence-electron chi connectivity index (χ3n) is 5.49. The van der Waals surface area contributed by atoms with Crippen LogP contribution in [0.4, 0.5) is 0 Å². The van der Waals surface area contributed by atoms with E-state index in [0.29, 0.717) is 0 Å². The van der Waals surface area contributed by atoms with Crippen LogP contribution in [0.5, 0.6) is 0 Å². The first kappa shape index (κ1) is 18.6. The molecule has 0 aliphatic carbocycles. The molecule has 1 aromatic carbocycles. The first-order valence-electron chi connectivity index (χ1n) is 9.49. The molecule has 5 nitrogen and oxygen atoms in total. The maximum atomic E-state index is 12.8. The SMILES string of the molecule is Cc1ccc2c(c1C)CCN(CCCN(C)CCc1cn(C)cn1)C2=O. The van der Waals surface area contributed by atoms with Crippen molar-refractivity contribution in [3.63, 3.8) is 0 Å². The number of amides is 1. The van der Waals surface area contributed by atoms with E-state index < -0.39 is 0 Å². The monoisotopic (exact) mass is 354 g/mol. The lowest BCUT2D eigenvalue weighted by atomic mass is 9.91. The van der Waals surface area contributed by atoms with Gasteiger partial charge in [-0.05, 0) is 63.0 Å². The van der Waals surface area contributed by atoms with Gasteiger partial charge < -0.3 is 14.4 Å². The molecule has 3 rings (SSSR count). The predicted molar refractivity (Wildman–Crippen MR) is 105 cm³/mol. The van der Waals surface area contributed by atoms with Crippen LogP contribution >= 0.6 is 0 Å². The molecule has 5 heteroatoms. The summed E-state index contributed by atoms with van der Waals surface area (Å²) in [5.41, 5.74) is 5.85. The van der Waals surface area contributed by atoms with E-state index in [1.165, 1.54) is 16.7 Å². The normalized spacial score (nSPS) is 14.2. The maximum absolute atomic E-state index is 12.8. The summed E-state index contributed by atoms with van der Waals surface area (Å²) in [6, 6.07) is 4.08. The zero-order valence-corrected chi connectivity index (χ0v) is 16.5. The Morgan fingerprint density at radius 2 is 2.04 bits per heavy atom. The summed E-state index contributed by atoms with van der Waals surface area (Å²) in [6.45, 7) is 7.91. The van der Waals surface area contributed by atoms with E-state index in [0.717, 1.165) is 56.7 Å². The number of hydrogen-bond acceptors (Lipinski definition) is 3. The highest BCUT2D eigenvalue weighted by Gasteiger charge is 2.25. The number of rotatable bonds is 7. The predicted octanol–water partition coefficient (Wildman–Crippen LogP) is 2.60. The molecule has 0 saturated heterocycles. The first-order chi connectivity index (χ1) is 12.5. The van der Waals surface area contributed by atoms with Gasteiger partial charge in [0.05, 0.1) is 12.0 Å².